The second-order valence-corrected chi connectivity index (χ2v) is 8.01. The molecule has 0 bridgehead atoms. The number of nitrogens with one attached hydrogen (secondary N) is 1. The van der Waals surface area contributed by atoms with Crippen molar-refractivity contribution in [3.05, 3.63) is 41.2 Å². The van der Waals surface area contributed by atoms with Crippen LogP contribution in [0.15, 0.2) is 24.4 Å². The minimum Gasteiger partial charge on any atom is -0.322 e. The molecule has 1 saturated heterocycles. The van der Waals surface area contributed by atoms with Gasteiger partial charge in [-0.05, 0) is 18.1 Å². The van der Waals surface area contributed by atoms with Crippen molar-refractivity contribution in [3.8, 4) is 5.69 Å². The average molecular weight is 367 g/mol. The van der Waals surface area contributed by atoms with Gasteiger partial charge >= 0.3 is 0 Å². The zero-order chi connectivity index (χ0) is 19.3. The van der Waals surface area contributed by atoms with Gasteiger partial charge in [-0.2, -0.15) is 0 Å². The van der Waals surface area contributed by atoms with Gasteiger partial charge in [0.2, 0.25) is 11.8 Å². The molecule has 0 aliphatic carbocycles. The van der Waals surface area contributed by atoms with E-state index in [9.17, 15) is 14.4 Å². The van der Waals surface area contributed by atoms with E-state index < -0.39 is 11.9 Å². The largest absolute Gasteiger partial charge is 0.322 e. The van der Waals surface area contributed by atoms with E-state index in [1.807, 2.05) is 45.2 Å². The summed E-state index contributed by atoms with van der Waals surface area (Å²) < 4.78 is 1.62. The van der Waals surface area contributed by atoms with E-state index in [0.29, 0.717) is 24.2 Å². The number of carbonyl (C=O) groups excluding carboxylic acids is 3. The molecule has 4 rings (SSSR count). The van der Waals surface area contributed by atoms with Crippen LogP contribution in [0.3, 0.4) is 0 Å². The molecule has 3 heterocycles. The van der Waals surface area contributed by atoms with Crippen molar-refractivity contribution in [2.45, 2.75) is 51.6 Å². The zero-order valence-corrected chi connectivity index (χ0v) is 15.5. The highest BCUT2D eigenvalue weighted by molar-refractivity contribution is 6.06. The quantitative estimate of drug-likeness (QED) is 0.808. The number of hydrogen-bond acceptors (Lipinski definition) is 5. The summed E-state index contributed by atoms with van der Waals surface area (Å²) in [4.78, 5) is 38.3. The van der Waals surface area contributed by atoms with Gasteiger partial charge in [-0.15, -0.1) is 5.10 Å². The van der Waals surface area contributed by atoms with Crippen LogP contribution in [0.25, 0.3) is 5.69 Å². The maximum atomic E-state index is 13.1. The predicted molar refractivity (Wildman–Crippen MR) is 96.1 cm³/mol. The fourth-order valence-corrected chi connectivity index (χ4v) is 3.51. The van der Waals surface area contributed by atoms with E-state index >= 15 is 0 Å². The molecule has 1 aromatic heterocycles. The van der Waals surface area contributed by atoms with E-state index in [0.717, 1.165) is 11.3 Å². The molecule has 1 N–H and O–H groups in total. The van der Waals surface area contributed by atoms with Gasteiger partial charge in [-0.1, -0.05) is 38.1 Å². The first-order valence-electron chi connectivity index (χ1n) is 8.95. The Kier molecular flexibility index (Phi) is 3.87. The van der Waals surface area contributed by atoms with Crippen LogP contribution >= 0.6 is 0 Å². The minimum absolute atomic E-state index is 0.154. The number of rotatable bonds is 2. The number of benzene rings is 1. The van der Waals surface area contributed by atoms with Crippen molar-refractivity contribution in [2.24, 2.45) is 0 Å². The van der Waals surface area contributed by atoms with Crippen molar-refractivity contribution >= 4 is 17.7 Å². The maximum absolute atomic E-state index is 13.1. The van der Waals surface area contributed by atoms with Gasteiger partial charge in [0.15, 0.2) is 0 Å². The summed E-state index contributed by atoms with van der Waals surface area (Å²) >= 11 is 0. The van der Waals surface area contributed by atoms with Gasteiger partial charge in [-0.3, -0.25) is 19.7 Å². The Labute approximate surface area is 156 Å². The number of imide groups is 1. The molecule has 1 aromatic carbocycles. The van der Waals surface area contributed by atoms with Crippen molar-refractivity contribution in [2.75, 3.05) is 0 Å². The van der Waals surface area contributed by atoms with E-state index in [2.05, 4.69) is 15.6 Å². The lowest BCUT2D eigenvalue weighted by atomic mass is 9.93. The molecule has 3 amide bonds. The molecule has 1 unspecified atom stereocenters. The van der Waals surface area contributed by atoms with Crippen LogP contribution in [-0.4, -0.2) is 43.7 Å². The molecule has 8 nitrogen and oxygen atoms in total. The molecule has 2 aliphatic rings. The van der Waals surface area contributed by atoms with E-state index in [4.69, 9.17) is 0 Å². The van der Waals surface area contributed by atoms with Crippen LogP contribution in [-0.2, 0) is 21.5 Å². The third-order valence-electron chi connectivity index (χ3n) is 5.04. The van der Waals surface area contributed by atoms with E-state index in [1.54, 1.807) is 4.68 Å². The Morgan fingerprint density at radius 3 is 2.63 bits per heavy atom. The molecular formula is C19H21N5O3. The van der Waals surface area contributed by atoms with Crippen molar-refractivity contribution in [1.29, 1.82) is 0 Å². The summed E-state index contributed by atoms with van der Waals surface area (Å²) in [5.74, 6) is -0.925. The lowest BCUT2D eigenvalue weighted by Gasteiger charge is -2.29. The zero-order valence-electron chi connectivity index (χ0n) is 15.5. The highest BCUT2D eigenvalue weighted by atomic mass is 16.2. The second-order valence-electron chi connectivity index (χ2n) is 8.01. The van der Waals surface area contributed by atoms with Gasteiger partial charge in [0.1, 0.15) is 6.04 Å². The number of carbonyl (C=O) groups is 3. The SMILES string of the molecule is CC(C)(C)c1cn(-c2cccc3c2C(=O)N(C2CCC(=O)NC2=O)C3)nn1. The summed E-state index contributed by atoms with van der Waals surface area (Å²) in [7, 11) is 0. The van der Waals surface area contributed by atoms with E-state index in [-0.39, 0.29) is 23.7 Å². The summed E-state index contributed by atoms with van der Waals surface area (Å²) in [6, 6.07) is 4.94. The highest BCUT2D eigenvalue weighted by Crippen LogP contribution is 2.31. The average Bonchev–Trinajstić information content (AvgIpc) is 3.20. The summed E-state index contributed by atoms with van der Waals surface area (Å²) in [6.45, 7) is 6.49. The Bertz CT molecular complexity index is 956. The van der Waals surface area contributed by atoms with Crippen molar-refractivity contribution in [3.63, 3.8) is 0 Å². The Balaban J connectivity index is 1.69. The first kappa shape index (κ1) is 17.4. The number of hydrogen-bond donors (Lipinski definition) is 1. The second kappa shape index (κ2) is 6.00. The molecule has 0 spiro atoms. The topological polar surface area (TPSA) is 97.2 Å². The third kappa shape index (κ3) is 2.90. The lowest BCUT2D eigenvalue weighted by molar-refractivity contribution is -0.136. The molecule has 2 aliphatic heterocycles. The first-order valence-corrected chi connectivity index (χ1v) is 8.95. The third-order valence-corrected chi connectivity index (χ3v) is 5.04. The van der Waals surface area contributed by atoms with Crippen LogP contribution in [0, 0.1) is 0 Å². The van der Waals surface area contributed by atoms with Crippen LogP contribution in [0.5, 0.6) is 0 Å². The molecule has 1 atom stereocenters. The Morgan fingerprint density at radius 1 is 1.19 bits per heavy atom. The fourth-order valence-electron chi connectivity index (χ4n) is 3.51. The number of aromatic nitrogens is 3. The summed E-state index contributed by atoms with van der Waals surface area (Å²) in [5, 5.41) is 10.7. The number of nitrogens with zero attached hydrogens (tertiary/aromatic N) is 4. The molecule has 2 aromatic rings. The molecule has 8 heteroatoms. The normalized spacial score (nSPS) is 20.0. The molecule has 0 saturated carbocycles. The molecular weight excluding hydrogens is 346 g/mol. The van der Waals surface area contributed by atoms with E-state index in [1.165, 1.54) is 4.90 Å². The van der Waals surface area contributed by atoms with Crippen LogP contribution < -0.4 is 5.32 Å². The molecule has 140 valence electrons. The van der Waals surface area contributed by atoms with Crippen molar-refractivity contribution in [1.82, 2.24) is 25.2 Å². The Morgan fingerprint density at radius 2 is 1.96 bits per heavy atom. The Hall–Kier alpha value is -3.03. The molecule has 1 fully saturated rings. The molecule has 0 radical (unpaired) electrons. The molecule has 27 heavy (non-hydrogen) atoms. The fraction of sp³-hybridized carbons (Fsp3) is 0.421. The van der Waals surface area contributed by atoms with Crippen LogP contribution in [0.2, 0.25) is 0 Å². The van der Waals surface area contributed by atoms with Crippen LogP contribution in [0.1, 0.15) is 55.2 Å². The standard InChI is InChI=1S/C19H21N5O3/c1-19(2,3)14-10-24(22-21-14)12-6-4-5-11-9-23(18(27)16(11)12)13-7-8-15(25)20-17(13)26/h4-6,10,13H,7-9H2,1-3H3,(H,20,25,26). The van der Waals surface area contributed by atoms with Crippen molar-refractivity contribution < 1.29 is 14.4 Å². The smallest absolute Gasteiger partial charge is 0.257 e. The first-order chi connectivity index (χ1) is 12.8. The van der Waals surface area contributed by atoms with Gasteiger partial charge < -0.3 is 4.90 Å². The summed E-state index contributed by atoms with van der Waals surface area (Å²) in [6.07, 6.45) is 2.41. The van der Waals surface area contributed by atoms with Gasteiger partial charge in [0, 0.05) is 18.4 Å². The lowest BCUT2D eigenvalue weighted by Crippen LogP contribution is -2.52. The van der Waals surface area contributed by atoms with Gasteiger partial charge in [0.25, 0.3) is 5.91 Å². The maximum Gasteiger partial charge on any atom is 0.257 e. The van der Waals surface area contributed by atoms with Gasteiger partial charge in [-0.25, -0.2) is 4.68 Å². The minimum atomic E-state index is -0.628. The number of amides is 3. The highest BCUT2D eigenvalue weighted by Gasteiger charge is 2.40. The van der Waals surface area contributed by atoms with Gasteiger partial charge in [0.05, 0.1) is 23.1 Å². The number of piperidine rings is 1. The summed E-state index contributed by atoms with van der Waals surface area (Å²) in [5.41, 5.74) is 2.70. The predicted octanol–water partition coefficient (Wildman–Crippen LogP) is 1.33. The number of fused-ring (bicyclic) bond motifs is 1. The monoisotopic (exact) mass is 367 g/mol. The van der Waals surface area contributed by atoms with Crippen LogP contribution in [0.4, 0.5) is 0 Å².